The maximum absolute atomic E-state index is 13.2. The number of aromatic hydroxyl groups is 1. The van der Waals surface area contributed by atoms with E-state index in [1.165, 1.54) is 6.07 Å². The molecule has 1 aliphatic rings. The summed E-state index contributed by atoms with van der Waals surface area (Å²) in [6.45, 7) is 0.218. The second kappa shape index (κ2) is 10.7. The molecule has 1 amide bonds. The van der Waals surface area contributed by atoms with Crippen LogP contribution < -0.4 is 11.1 Å². The van der Waals surface area contributed by atoms with Gasteiger partial charge in [0.05, 0.1) is 18.2 Å². The number of carbonyl (C=O) groups is 1. The number of benzene rings is 2. The van der Waals surface area contributed by atoms with E-state index < -0.39 is 0 Å². The van der Waals surface area contributed by atoms with Crippen molar-refractivity contribution in [2.75, 3.05) is 12.8 Å². The summed E-state index contributed by atoms with van der Waals surface area (Å²) in [6.07, 6.45) is 6.76. The van der Waals surface area contributed by atoms with Crippen molar-refractivity contribution in [3.05, 3.63) is 108 Å². The summed E-state index contributed by atoms with van der Waals surface area (Å²) in [6, 6.07) is 20.2. The molecule has 4 aromatic heterocycles. The highest BCUT2D eigenvalue weighted by Crippen LogP contribution is 2.36. The monoisotopic (exact) mass is 572 g/mol. The zero-order chi connectivity index (χ0) is 29.5. The molecule has 0 radical (unpaired) electrons. The molecule has 0 spiro atoms. The number of aromatic nitrogens is 6. The highest BCUT2D eigenvalue weighted by molar-refractivity contribution is 5.95. The number of rotatable bonds is 7. The molecule has 0 saturated heterocycles. The maximum atomic E-state index is 13.2. The fourth-order valence-corrected chi connectivity index (χ4v) is 5.64. The minimum Gasteiger partial charge on any atom is -0.508 e. The molecule has 1 aliphatic carbocycles. The first-order valence-electron chi connectivity index (χ1n) is 13.9. The van der Waals surface area contributed by atoms with Gasteiger partial charge in [-0.25, -0.2) is 19.6 Å². The Morgan fingerprint density at radius 1 is 1.09 bits per heavy atom. The number of aryl methyl sites for hydroxylation is 1. The number of imidazole rings is 1. The van der Waals surface area contributed by atoms with Crippen LogP contribution in [0, 0.1) is 0 Å². The highest BCUT2D eigenvalue weighted by atomic mass is 16.5. The van der Waals surface area contributed by atoms with Gasteiger partial charge in [-0.1, -0.05) is 6.07 Å². The standard InChI is InChI=1S/C32H28N8O3/c1-43-18-21-16-20(6-11-27(21)41)32(42)37-25-9-5-19-17-22(7-8-23(19)25)40-30(24-4-2-13-34-29(24)33)36-26-10-12-28(38-31(26)40)39-15-3-14-35-39/h2-4,6-8,10-17,25,41H,5,9,18H2,1H3,(H2,33,34)(H,37,42). The Morgan fingerprint density at radius 2 is 2.00 bits per heavy atom. The largest absolute Gasteiger partial charge is 0.508 e. The topological polar surface area (TPSA) is 146 Å². The predicted octanol–water partition coefficient (Wildman–Crippen LogP) is 4.52. The number of phenols is 1. The molecule has 7 rings (SSSR count). The number of methoxy groups -OCH3 is 1. The molecule has 0 fully saturated rings. The Hall–Kier alpha value is -5.55. The summed E-state index contributed by atoms with van der Waals surface area (Å²) in [4.78, 5) is 27.3. The Labute approximate surface area is 246 Å². The first kappa shape index (κ1) is 26.4. The molecule has 4 heterocycles. The van der Waals surface area contributed by atoms with Crippen LogP contribution in [-0.4, -0.2) is 47.4 Å². The maximum Gasteiger partial charge on any atom is 0.251 e. The fraction of sp³-hybridized carbons (Fsp3) is 0.156. The summed E-state index contributed by atoms with van der Waals surface area (Å²) in [5, 5.41) is 17.6. The van der Waals surface area contributed by atoms with Gasteiger partial charge in [-0.15, -0.1) is 0 Å². The number of hydrogen-bond acceptors (Lipinski definition) is 8. The normalized spacial score (nSPS) is 14.2. The summed E-state index contributed by atoms with van der Waals surface area (Å²) >= 11 is 0. The lowest BCUT2D eigenvalue weighted by Gasteiger charge is -2.16. The lowest BCUT2D eigenvalue weighted by atomic mass is 10.1. The molecule has 11 nitrogen and oxygen atoms in total. The molecule has 0 bridgehead atoms. The number of pyridine rings is 2. The molecule has 1 atom stereocenters. The number of nitrogens with zero attached hydrogens (tertiary/aromatic N) is 6. The molecule has 0 aliphatic heterocycles. The second-order valence-electron chi connectivity index (χ2n) is 10.4. The number of phenolic OH excluding ortho intramolecular Hbond substituents is 1. The summed E-state index contributed by atoms with van der Waals surface area (Å²) < 4.78 is 8.84. The number of amides is 1. The third-order valence-electron chi connectivity index (χ3n) is 7.72. The Bertz CT molecular complexity index is 1980. The van der Waals surface area contributed by atoms with E-state index in [-0.39, 0.29) is 24.3 Å². The van der Waals surface area contributed by atoms with E-state index in [1.807, 2.05) is 47.2 Å². The molecule has 2 aromatic carbocycles. The third-order valence-corrected chi connectivity index (χ3v) is 7.72. The van der Waals surface area contributed by atoms with Crippen LogP contribution in [0.2, 0.25) is 0 Å². The summed E-state index contributed by atoms with van der Waals surface area (Å²) in [5.74, 6) is 1.56. The minimum atomic E-state index is -0.204. The van der Waals surface area contributed by atoms with Crippen molar-refractivity contribution in [2.24, 2.45) is 0 Å². The van der Waals surface area contributed by atoms with Gasteiger partial charge in [0.2, 0.25) is 0 Å². The smallest absolute Gasteiger partial charge is 0.251 e. The van der Waals surface area contributed by atoms with Crippen molar-refractivity contribution >= 4 is 22.9 Å². The number of ether oxygens (including phenoxy) is 1. The number of nitrogens with two attached hydrogens (primary N) is 1. The van der Waals surface area contributed by atoms with Crippen LogP contribution in [0.25, 0.3) is 34.1 Å². The van der Waals surface area contributed by atoms with E-state index >= 15 is 0 Å². The average Bonchev–Trinajstić information content (AvgIpc) is 3.77. The molecule has 0 saturated carbocycles. The van der Waals surface area contributed by atoms with Crippen molar-refractivity contribution in [2.45, 2.75) is 25.5 Å². The lowest BCUT2D eigenvalue weighted by Crippen LogP contribution is -2.27. The molecule has 1 unspecified atom stereocenters. The quantitative estimate of drug-likeness (QED) is 0.253. The number of nitrogen functional groups attached to an aromatic ring is 1. The van der Waals surface area contributed by atoms with Gasteiger partial charge in [0, 0.05) is 42.5 Å². The van der Waals surface area contributed by atoms with Crippen LogP contribution in [0.5, 0.6) is 5.75 Å². The van der Waals surface area contributed by atoms with E-state index in [0.717, 1.165) is 29.7 Å². The van der Waals surface area contributed by atoms with Crippen LogP contribution in [0.1, 0.15) is 39.5 Å². The van der Waals surface area contributed by atoms with E-state index in [2.05, 4.69) is 27.5 Å². The van der Waals surface area contributed by atoms with Crippen LogP contribution in [-0.2, 0) is 17.8 Å². The van der Waals surface area contributed by atoms with Crippen molar-refractivity contribution in [3.63, 3.8) is 0 Å². The van der Waals surface area contributed by atoms with Gasteiger partial charge >= 0.3 is 0 Å². The number of hydrogen-bond donors (Lipinski definition) is 3. The average molecular weight is 573 g/mol. The molecule has 4 N–H and O–H groups in total. The highest BCUT2D eigenvalue weighted by Gasteiger charge is 2.26. The van der Waals surface area contributed by atoms with Gasteiger partial charge in [0.15, 0.2) is 17.3 Å². The molecular formula is C32H28N8O3. The van der Waals surface area contributed by atoms with E-state index in [4.69, 9.17) is 20.4 Å². The Kier molecular flexibility index (Phi) is 6.55. The molecule has 11 heteroatoms. The first-order chi connectivity index (χ1) is 21.0. The van der Waals surface area contributed by atoms with Crippen molar-refractivity contribution in [1.29, 1.82) is 0 Å². The number of anilines is 1. The van der Waals surface area contributed by atoms with Gasteiger partial charge in [0.1, 0.15) is 17.1 Å². The van der Waals surface area contributed by atoms with E-state index in [1.54, 1.807) is 36.3 Å². The summed E-state index contributed by atoms with van der Waals surface area (Å²) in [5.41, 5.74) is 12.5. The number of nitrogens with one attached hydrogen (secondary N) is 1. The SMILES string of the molecule is COCc1cc(C(=O)NC2CCc3cc(-n4c(-c5cccnc5N)nc5ccc(-n6cccn6)nc54)ccc32)ccc1O. The Morgan fingerprint density at radius 3 is 2.81 bits per heavy atom. The molecule has 6 aromatic rings. The fourth-order valence-electron chi connectivity index (χ4n) is 5.64. The van der Waals surface area contributed by atoms with Crippen LogP contribution in [0.4, 0.5) is 5.82 Å². The van der Waals surface area contributed by atoms with Gasteiger partial charge in [-0.3, -0.25) is 9.36 Å². The third kappa shape index (κ3) is 4.75. The molecule has 214 valence electrons. The van der Waals surface area contributed by atoms with Gasteiger partial charge < -0.3 is 20.9 Å². The summed E-state index contributed by atoms with van der Waals surface area (Å²) in [7, 11) is 1.55. The first-order valence-corrected chi connectivity index (χ1v) is 13.9. The zero-order valence-corrected chi connectivity index (χ0v) is 23.3. The van der Waals surface area contributed by atoms with Crippen LogP contribution >= 0.6 is 0 Å². The predicted molar refractivity (Wildman–Crippen MR) is 161 cm³/mol. The van der Waals surface area contributed by atoms with Gasteiger partial charge in [-0.05, 0) is 84.6 Å². The van der Waals surface area contributed by atoms with Gasteiger partial charge in [-0.2, -0.15) is 5.10 Å². The Balaban J connectivity index is 1.26. The lowest BCUT2D eigenvalue weighted by molar-refractivity contribution is 0.0936. The zero-order valence-electron chi connectivity index (χ0n) is 23.3. The van der Waals surface area contributed by atoms with E-state index in [0.29, 0.717) is 45.3 Å². The molecular weight excluding hydrogens is 544 g/mol. The van der Waals surface area contributed by atoms with Crippen molar-refractivity contribution in [3.8, 4) is 28.6 Å². The van der Waals surface area contributed by atoms with Crippen molar-refractivity contribution in [1.82, 2.24) is 34.6 Å². The second-order valence-corrected chi connectivity index (χ2v) is 10.4. The molecule has 43 heavy (non-hydrogen) atoms. The minimum absolute atomic E-state index is 0.0998. The number of carbonyl (C=O) groups excluding carboxylic acids is 1. The van der Waals surface area contributed by atoms with Crippen LogP contribution in [0.15, 0.2) is 85.3 Å². The number of fused-ring (bicyclic) bond motifs is 2. The van der Waals surface area contributed by atoms with E-state index in [9.17, 15) is 9.90 Å². The van der Waals surface area contributed by atoms with Gasteiger partial charge in [0.25, 0.3) is 5.91 Å². The van der Waals surface area contributed by atoms with Crippen LogP contribution in [0.3, 0.4) is 0 Å². The van der Waals surface area contributed by atoms with Crippen molar-refractivity contribution < 1.29 is 14.6 Å².